The van der Waals surface area contributed by atoms with Crippen molar-refractivity contribution < 1.29 is 4.79 Å². The number of rotatable bonds is 4. The molecule has 0 aliphatic carbocycles. The maximum absolute atomic E-state index is 11.9. The van der Waals surface area contributed by atoms with Crippen molar-refractivity contribution >= 4 is 11.6 Å². The Kier molecular flexibility index (Phi) is 4.24. The SMILES string of the molecule is CC1CCCN(CCCc2ccc(N)cc2)C1=O. The van der Waals surface area contributed by atoms with E-state index in [1.807, 2.05) is 24.0 Å². The number of amides is 1. The maximum atomic E-state index is 11.9. The Morgan fingerprint density at radius 3 is 2.78 bits per heavy atom. The third-order valence-corrected chi connectivity index (χ3v) is 3.67. The standard InChI is InChI=1S/C15H22N2O/c1-12-4-2-10-17(15(12)18)11-3-5-13-6-8-14(16)9-7-13/h6-9,12H,2-5,10-11,16H2,1H3. The van der Waals surface area contributed by atoms with Gasteiger partial charge in [-0.05, 0) is 43.4 Å². The van der Waals surface area contributed by atoms with E-state index in [1.165, 1.54) is 5.56 Å². The number of nitrogens with two attached hydrogens (primary N) is 1. The molecule has 98 valence electrons. The van der Waals surface area contributed by atoms with E-state index in [0.717, 1.165) is 44.5 Å². The Morgan fingerprint density at radius 2 is 2.06 bits per heavy atom. The van der Waals surface area contributed by atoms with Gasteiger partial charge in [0.15, 0.2) is 0 Å². The van der Waals surface area contributed by atoms with Crippen LogP contribution >= 0.6 is 0 Å². The number of hydrogen-bond donors (Lipinski definition) is 1. The van der Waals surface area contributed by atoms with Gasteiger partial charge in [-0.15, -0.1) is 0 Å². The second-order valence-electron chi connectivity index (χ2n) is 5.21. The average Bonchev–Trinajstić information content (AvgIpc) is 2.37. The van der Waals surface area contributed by atoms with Crippen molar-refractivity contribution in [3.05, 3.63) is 29.8 Å². The minimum Gasteiger partial charge on any atom is -0.399 e. The van der Waals surface area contributed by atoms with E-state index in [-0.39, 0.29) is 5.92 Å². The lowest BCUT2D eigenvalue weighted by Gasteiger charge is -2.30. The molecular formula is C15H22N2O. The maximum Gasteiger partial charge on any atom is 0.225 e. The average molecular weight is 246 g/mol. The Bertz CT molecular complexity index is 399. The molecule has 3 nitrogen and oxygen atoms in total. The van der Waals surface area contributed by atoms with Crippen LogP contribution in [0.4, 0.5) is 5.69 Å². The Balaban J connectivity index is 1.78. The summed E-state index contributed by atoms with van der Waals surface area (Å²) in [5.74, 6) is 0.550. The number of benzene rings is 1. The van der Waals surface area contributed by atoms with Gasteiger partial charge >= 0.3 is 0 Å². The van der Waals surface area contributed by atoms with Crippen LogP contribution in [0.2, 0.25) is 0 Å². The first-order valence-corrected chi connectivity index (χ1v) is 6.80. The molecule has 2 rings (SSSR count). The van der Waals surface area contributed by atoms with Crippen LogP contribution in [-0.2, 0) is 11.2 Å². The molecular weight excluding hydrogens is 224 g/mol. The molecule has 0 spiro atoms. The van der Waals surface area contributed by atoms with E-state index < -0.39 is 0 Å². The number of piperidine rings is 1. The molecule has 18 heavy (non-hydrogen) atoms. The van der Waals surface area contributed by atoms with E-state index in [1.54, 1.807) is 0 Å². The second kappa shape index (κ2) is 5.89. The highest BCUT2D eigenvalue weighted by Crippen LogP contribution is 2.17. The van der Waals surface area contributed by atoms with Crippen molar-refractivity contribution in [2.24, 2.45) is 5.92 Å². The number of anilines is 1. The van der Waals surface area contributed by atoms with Crippen LogP contribution < -0.4 is 5.73 Å². The fraction of sp³-hybridized carbons (Fsp3) is 0.533. The van der Waals surface area contributed by atoms with Gasteiger partial charge in [0.05, 0.1) is 0 Å². The molecule has 1 aliphatic heterocycles. The highest BCUT2D eigenvalue weighted by atomic mass is 16.2. The van der Waals surface area contributed by atoms with Crippen molar-refractivity contribution in [3.63, 3.8) is 0 Å². The van der Waals surface area contributed by atoms with Crippen LogP contribution in [0, 0.1) is 5.92 Å². The number of carbonyl (C=O) groups is 1. The van der Waals surface area contributed by atoms with Crippen LogP contribution in [0.3, 0.4) is 0 Å². The highest BCUT2D eigenvalue weighted by Gasteiger charge is 2.24. The fourth-order valence-electron chi connectivity index (χ4n) is 2.51. The van der Waals surface area contributed by atoms with Gasteiger partial charge in [-0.2, -0.15) is 0 Å². The fourth-order valence-corrected chi connectivity index (χ4v) is 2.51. The zero-order valence-electron chi connectivity index (χ0n) is 11.1. The molecule has 0 aromatic heterocycles. The molecule has 2 N–H and O–H groups in total. The van der Waals surface area contributed by atoms with E-state index in [0.29, 0.717) is 5.91 Å². The van der Waals surface area contributed by atoms with Crippen molar-refractivity contribution in [3.8, 4) is 0 Å². The lowest BCUT2D eigenvalue weighted by Crippen LogP contribution is -2.40. The Morgan fingerprint density at radius 1 is 1.33 bits per heavy atom. The zero-order chi connectivity index (χ0) is 13.0. The molecule has 0 bridgehead atoms. The van der Waals surface area contributed by atoms with Gasteiger partial charge in [0.25, 0.3) is 0 Å². The summed E-state index contributed by atoms with van der Waals surface area (Å²) in [6.07, 6.45) is 4.24. The van der Waals surface area contributed by atoms with Crippen LogP contribution in [-0.4, -0.2) is 23.9 Å². The van der Waals surface area contributed by atoms with Crippen LogP contribution in [0.25, 0.3) is 0 Å². The second-order valence-corrected chi connectivity index (χ2v) is 5.21. The van der Waals surface area contributed by atoms with E-state index in [4.69, 9.17) is 5.73 Å². The molecule has 0 saturated carbocycles. The first kappa shape index (κ1) is 12.9. The van der Waals surface area contributed by atoms with Crippen molar-refractivity contribution in [1.29, 1.82) is 0 Å². The molecule has 1 aliphatic rings. The minimum absolute atomic E-state index is 0.218. The van der Waals surface area contributed by atoms with Gasteiger partial charge in [0.2, 0.25) is 5.91 Å². The van der Waals surface area contributed by atoms with E-state index in [2.05, 4.69) is 12.1 Å². The number of nitrogens with zero attached hydrogens (tertiary/aromatic N) is 1. The molecule has 0 radical (unpaired) electrons. The molecule has 1 atom stereocenters. The lowest BCUT2D eigenvalue weighted by molar-refractivity contribution is -0.137. The molecule has 1 saturated heterocycles. The molecule has 1 heterocycles. The summed E-state index contributed by atoms with van der Waals surface area (Å²) in [6.45, 7) is 3.85. The topological polar surface area (TPSA) is 46.3 Å². The highest BCUT2D eigenvalue weighted by molar-refractivity contribution is 5.79. The van der Waals surface area contributed by atoms with Gasteiger partial charge in [-0.25, -0.2) is 0 Å². The van der Waals surface area contributed by atoms with Gasteiger partial charge in [-0.3, -0.25) is 4.79 Å². The minimum atomic E-state index is 0.218. The first-order valence-electron chi connectivity index (χ1n) is 6.80. The number of likely N-dealkylation sites (tertiary alicyclic amines) is 1. The third kappa shape index (κ3) is 3.25. The van der Waals surface area contributed by atoms with Crippen LogP contribution in [0.5, 0.6) is 0 Å². The van der Waals surface area contributed by atoms with Gasteiger partial charge in [0.1, 0.15) is 0 Å². The van der Waals surface area contributed by atoms with Crippen molar-refractivity contribution in [2.45, 2.75) is 32.6 Å². The summed E-state index contributed by atoms with van der Waals surface area (Å²) in [7, 11) is 0. The number of aryl methyl sites for hydroxylation is 1. The van der Waals surface area contributed by atoms with E-state index >= 15 is 0 Å². The van der Waals surface area contributed by atoms with Crippen LogP contribution in [0.15, 0.2) is 24.3 Å². The van der Waals surface area contributed by atoms with Gasteiger partial charge in [0, 0.05) is 24.7 Å². The molecule has 1 fully saturated rings. The van der Waals surface area contributed by atoms with Crippen LogP contribution in [0.1, 0.15) is 31.7 Å². The molecule has 3 heteroatoms. The Labute approximate surface area is 109 Å². The van der Waals surface area contributed by atoms with Crippen molar-refractivity contribution in [2.75, 3.05) is 18.8 Å². The van der Waals surface area contributed by atoms with E-state index in [9.17, 15) is 4.79 Å². The quantitative estimate of drug-likeness (QED) is 0.829. The summed E-state index contributed by atoms with van der Waals surface area (Å²) < 4.78 is 0. The molecule has 1 aromatic carbocycles. The third-order valence-electron chi connectivity index (χ3n) is 3.67. The van der Waals surface area contributed by atoms with Gasteiger partial charge < -0.3 is 10.6 Å². The number of carbonyl (C=O) groups excluding carboxylic acids is 1. The largest absolute Gasteiger partial charge is 0.399 e. The van der Waals surface area contributed by atoms with Crippen molar-refractivity contribution in [1.82, 2.24) is 4.90 Å². The first-order chi connectivity index (χ1) is 8.66. The lowest BCUT2D eigenvalue weighted by atomic mass is 9.99. The number of nitrogen functional groups attached to an aromatic ring is 1. The summed E-state index contributed by atoms with van der Waals surface area (Å²) in [6, 6.07) is 8.00. The molecule has 1 aromatic rings. The predicted octanol–water partition coefficient (Wildman–Crippen LogP) is 2.46. The monoisotopic (exact) mass is 246 g/mol. The zero-order valence-corrected chi connectivity index (χ0v) is 11.1. The number of hydrogen-bond acceptors (Lipinski definition) is 2. The summed E-state index contributed by atoms with van der Waals surface area (Å²) in [5.41, 5.74) is 7.75. The predicted molar refractivity (Wildman–Crippen MR) is 74.2 cm³/mol. The molecule has 1 unspecified atom stereocenters. The Hall–Kier alpha value is -1.51. The van der Waals surface area contributed by atoms with Gasteiger partial charge in [-0.1, -0.05) is 19.1 Å². The summed E-state index contributed by atoms with van der Waals surface area (Å²) >= 11 is 0. The summed E-state index contributed by atoms with van der Waals surface area (Å²) in [5, 5.41) is 0. The normalized spacial score (nSPS) is 20.2. The summed E-state index contributed by atoms with van der Waals surface area (Å²) in [4.78, 5) is 13.9. The molecule has 1 amide bonds. The smallest absolute Gasteiger partial charge is 0.225 e.